The lowest BCUT2D eigenvalue weighted by atomic mass is 9.72. The van der Waals surface area contributed by atoms with E-state index >= 15 is 0 Å². The highest BCUT2D eigenvalue weighted by atomic mass is 16.5. The molecule has 0 atom stereocenters. The molecular formula is C16H21N5O. The van der Waals surface area contributed by atoms with Crippen molar-refractivity contribution >= 4 is 16.9 Å². The van der Waals surface area contributed by atoms with Crippen LogP contribution in [-0.2, 0) is 4.74 Å². The Morgan fingerprint density at radius 2 is 1.91 bits per heavy atom. The second-order valence-electron chi connectivity index (χ2n) is 7.07. The van der Waals surface area contributed by atoms with Crippen molar-refractivity contribution in [2.24, 2.45) is 5.41 Å². The van der Waals surface area contributed by atoms with Gasteiger partial charge in [-0.2, -0.15) is 5.10 Å². The molecule has 4 heterocycles. The van der Waals surface area contributed by atoms with Crippen LogP contribution in [0.5, 0.6) is 0 Å². The lowest BCUT2D eigenvalue weighted by Crippen LogP contribution is -2.45. The first-order valence-electron chi connectivity index (χ1n) is 8.27. The molecule has 2 spiro atoms. The van der Waals surface area contributed by atoms with Crippen LogP contribution in [0.1, 0.15) is 37.8 Å². The molecule has 22 heavy (non-hydrogen) atoms. The van der Waals surface area contributed by atoms with Gasteiger partial charge in [0.25, 0.3) is 0 Å². The van der Waals surface area contributed by atoms with Crippen molar-refractivity contribution in [1.29, 1.82) is 0 Å². The first kappa shape index (κ1) is 12.8. The topological polar surface area (TPSA) is 66.9 Å². The van der Waals surface area contributed by atoms with Gasteiger partial charge in [0, 0.05) is 25.3 Å². The third kappa shape index (κ3) is 1.46. The lowest BCUT2D eigenvalue weighted by molar-refractivity contribution is 0.00542. The summed E-state index contributed by atoms with van der Waals surface area (Å²) in [6, 6.07) is 0. The number of aryl methyl sites for hydroxylation is 1. The molecule has 2 aromatic rings. The zero-order valence-electron chi connectivity index (χ0n) is 12.9. The van der Waals surface area contributed by atoms with Gasteiger partial charge >= 0.3 is 0 Å². The minimum absolute atomic E-state index is 0.297. The number of nitrogens with zero attached hydrogens (tertiary/aromatic N) is 4. The maximum Gasteiger partial charge on any atom is 0.161 e. The van der Waals surface area contributed by atoms with Crippen molar-refractivity contribution < 1.29 is 4.74 Å². The van der Waals surface area contributed by atoms with Crippen molar-refractivity contribution in [1.82, 2.24) is 20.2 Å². The summed E-state index contributed by atoms with van der Waals surface area (Å²) in [5.74, 6) is 1.02. The SMILES string of the molecule is Cc1[nH]nc2c(N3CCC4(CCOCC4)C34CC4)ncnc12. The molecule has 5 rings (SSSR count). The molecular weight excluding hydrogens is 278 g/mol. The third-order valence-electron chi connectivity index (χ3n) is 6.24. The number of H-pyrrole nitrogens is 1. The minimum atomic E-state index is 0.297. The Morgan fingerprint density at radius 1 is 1.09 bits per heavy atom. The summed E-state index contributed by atoms with van der Waals surface area (Å²) < 4.78 is 5.63. The fraction of sp³-hybridized carbons (Fsp3) is 0.688. The minimum Gasteiger partial charge on any atom is -0.381 e. The van der Waals surface area contributed by atoms with E-state index in [-0.39, 0.29) is 0 Å². The Kier molecular flexibility index (Phi) is 2.44. The summed E-state index contributed by atoms with van der Waals surface area (Å²) in [4.78, 5) is 11.6. The number of hydrogen-bond acceptors (Lipinski definition) is 5. The second kappa shape index (κ2) is 4.19. The molecule has 0 amide bonds. The van der Waals surface area contributed by atoms with Gasteiger partial charge in [-0.25, -0.2) is 9.97 Å². The molecule has 3 fully saturated rings. The van der Waals surface area contributed by atoms with Gasteiger partial charge in [0.05, 0.1) is 5.69 Å². The number of fused-ring (bicyclic) bond motifs is 2. The zero-order valence-corrected chi connectivity index (χ0v) is 12.9. The van der Waals surface area contributed by atoms with E-state index in [4.69, 9.17) is 4.74 Å². The normalized spacial score (nSPS) is 25.4. The van der Waals surface area contributed by atoms with Gasteiger partial charge in [-0.05, 0) is 44.4 Å². The Bertz CT molecular complexity index is 729. The van der Waals surface area contributed by atoms with Crippen LogP contribution in [-0.4, -0.2) is 45.5 Å². The molecule has 6 nitrogen and oxygen atoms in total. The molecule has 6 heteroatoms. The summed E-state index contributed by atoms with van der Waals surface area (Å²) in [6.07, 6.45) is 7.88. The first-order chi connectivity index (χ1) is 10.8. The molecule has 116 valence electrons. The van der Waals surface area contributed by atoms with Gasteiger partial charge in [0.15, 0.2) is 11.3 Å². The summed E-state index contributed by atoms with van der Waals surface area (Å²) in [5.41, 5.74) is 3.62. The van der Waals surface area contributed by atoms with E-state index < -0.39 is 0 Å². The van der Waals surface area contributed by atoms with Crippen LogP contribution >= 0.6 is 0 Å². The number of hydrogen-bond donors (Lipinski definition) is 1. The average Bonchev–Trinajstić information content (AvgIpc) is 3.20. The van der Waals surface area contributed by atoms with E-state index in [0.717, 1.165) is 42.3 Å². The fourth-order valence-corrected chi connectivity index (χ4v) is 4.90. The molecule has 0 bridgehead atoms. The first-order valence-corrected chi connectivity index (χ1v) is 8.27. The second-order valence-corrected chi connectivity index (χ2v) is 7.07. The van der Waals surface area contributed by atoms with Crippen molar-refractivity contribution in [3.63, 3.8) is 0 Å². The molecule has 0 unspecified atom stereocenters. The monoisotopic (exact) mass is 299 g/mol. The highest BCUT2D eigenvalue weighted by Crippen LogP contribution is 2.65. The van der Waals surface area contributed by atoms with E-state index in [1.165, 1.54) is 32.1 Å². The molecule has 1 saturated carbocycles. The van der Waals surface area contributed by atoms with Crippen LogP contribution < -0.4 is 4.90 Å². The molecule has 2 saturated heterocycles. The maximum absolute atomic E-state index is 5.63. The number of aromatic nitrogens is 4. The van der Waals surface area contributed by atoms with Crippen molar-refractivity contribution in [3.8, 4) is 0 Å². The van der Waals surface area contributed by atoms with Gasteiger partial charge in [-0.1, -0.05) is 0 Å². The van der Waals surface area contributed by atoms with Gasteiger partial charge in [-0.15, -0.1) is 0 Å². The highest BCUT2D eigenvalue weighted by Gasteiger charge is 2.66. The number of ether oxygens (including phenoxy) is 1. The fourth-order valence-electron chi connectivity index (χ4n) is 4.90. The molecule has 3 aliphatic rings. The van der Waals surface area contributed by atoms with E-state index in [9.17, 15) is 0 Å². The smallest absolute Gasteiger partial charge is 0.161 e. The van der Waals surface area contributed by atoms with Crippen LogP contribution in [0.3, 0.4) is 0 Å². The quantitative estimate of drug-likeness (QED) is 0.874. The number of anilines is 1. The largest absolute Gasteiger partial charge is 0.381 e. The summed E-state index contributed by atoms with van der Waals surface area (Å²) >= 11 is 0. The average molecular weight is 299 g/mol. The Balaban J connectivity index is 1.61. The third-order valence-corrected chi connectivity index (χ3v) is 6.24. The van der Waals surface area contributed by atoms with Crippen LogP contribution in [0.15, 0.2) is 6.33 Å². The maximum atomic E-state index is 5.63. The molecule has 1 N–H and O–H groups in total. The Morgan fingerprint density at radius 3 is 2.68 bits per heavy atom. The zero-order chi connectivity index (χ0) is 14.8. The van der Waals surface area contributed by atoms with E-state index in [2.05, 4.69) is 25.1 Å². The predicted octanol–water partition coefficient (Wildman–Crippen LogP) is 2.20. The van der Waals surface area contributed by atoms with Gasteiger partial charge in [-0.3, -0.25) is 5.10 Å². The molecule has 2 aromatic heterocycles. The Hall–Kier alpha value is -1.69. The number of rotatable bonds is 1. The predicted molar refractivity (Wildman–Crippen MR) is 82.8 cm³/mol. The van der Waals surface area contributed by atoms with Crippen LogP contribution in [0.4, 0.5) is 5.82 Å². The van der Waals surface area contributed by atoms with E-state index in [1.807, 2.05) is 6.92 Å². The van der Waals surface area contributed by atoms with Crippen molar-refractivity contribution in [3.05, 3.63) is 12.0 Å². The molecule has 1 aliphatic carbocycles. The van der Waals surface area contributed by atoms with Gasteiger partial charge in [0.1, 0.15) is 11.8 Å². The molecule has 2 aliphatic heterocycles. The lowest BCUT2D eigenvalue weighted by Gasteiger charge is -2.41. The van der Waals surface area contributed by atoms with Gasteiger partial charge in [0.2, 0.25) is 0 Å². The van der Waals surface area contributed by atoms with Crippen LogP contribution in [0.25, 0.3) is 11.0 Å². The van der Waals surface area contributed by atoms with Crippen molar-refractivity contribution in [2.45, 2.75) is 44.6 Å². The summed E-state index contributed by atoms with van der Waals surface area (Å²) in [5, 5.41) is 7.53. The summed E-state index contributed by atoms with van der Waals surface area (Å²) in [6.45, 7) is 4.92. The standard InChI is InChI=1S/C16H21N5O/c1-11-12-13(20-19-11)14(18-10-17-12)21-7-4-15(16(21)2-3-16)5-8-22-9-6-15/h10H,2-9H2,1H3,(H,19,20). The number of aromatic amines is 1. The van der Waals surface area contributed by atoms with Gasteiger partial charge < -0.3 is 9.64 Å². The van der Waals surface area contributed by atoms with Crippen molar-refractivity contribution in [2.75, 3.05) is 24.7 Å². The number of nitrogens with one attached hydrogen (secondary N) is 1. The molecule has 0 radical (unpaired) electrons. The Labute approximate surface area is 129 Å². The van der Waals surface area contributed by atoms with Crippen LogP contribution in [0, 0.1) is 12.3 Å². The molecule has 0 aromatic carbocycles. The van der Waals surface area contributed by atoms with E-state index in [1.54, 1.807) is 6.33 Å². The highest BCUT2D eigenvalue weighted by molar-refractivity contribution is 5.87. The van der Waals surface area contributed by atoms with E-state index in [0.29, 0.717) is 11.0 Å². The van der Waals surface area contributed by atoms with Crippen LogP contribution in [0.2, 0.25) is 0 Å². The summed E-state index contributed by atoms with van der Waals surface area (Å²) in [7, 11) is 0.